The predicted molar refractivity (Wildman–Crippen MR) is 452 cm³/mol. The van der Waals surface area contributed by atoms with Crippen LogP contribution in [0.25, 0.3) is 196 Å². The Labute approximate surface area is 627 Å². The summed E-state index contributed by atoms with van der Waals surface area (Å²) in [4.78, 5) is 37.1. The zero-order valence-corrected chi connectivity index (χ0v) is 59.4. The van der Waals surface area contributed by atoms with E-state index in [1.54, 1.807) is 11.3 Å². The van der Waals surface area contributed by atoms with Gasteiger partial charge in [0.25, 0.3) is 0 Å². The minimum absolute atomic E-state index is 0.588. The molecule has 0 bridgehead atoms. The van der Waals surface area contributed by atoms with Crippen LogP contribution in [-0.2, 0) is 0 Å². The molecule has 500 valence electrons. The third-order valence-corrected chi connectivity index (χ3v) is 24.2. The van der Waals surface area contributed by atoms with Crippen molar-refractivity contribution >= 4 is 151 Å². The number of anilines is 6. The lowest BCUT2D eigenvalue weighted by molar-refractivity contribution is 1.08. The molecule has 0 saturated heterocycles. The molecule has 0 amide bonds. The van der Waals surface area contributed by atoms with Crippen LogP contribution in [0, 0.1) is 0 Å². The molecule has 23 rings (SSSR count). The molecule has 0 saturated carbocycles. The van der Waals surface area contributed by atoms with E-state index in [0.717, 1.165) is 116 Å². The second-order valence-electron chi connectivity index (χ2n) is 28.0. The first-order valence-electron chi connectivity index (χ1n) is 36.4. The average Bonchev–Trinajstić information content (AvgIpc) is 0.906. The molecule has 108 heavy (non-hydrogen) atoms. The van der Waals surface area contributed by atoms with Crippen LogP contribution in [0.4, 0.5) is 34.1 Å². The Bertz CT molecular complexity index is 7400. The Morgan fingerprint density at radius 1 is 0.194 bits per heavy atom. The number of benzene rings is 17. The van der Waals surface area contributed by atoms with Crippen LogP contribution in [-0.4, -0.2) is 29.9 Å². The summed E-state index contributed by atoms with van der Waals surface area (Å²) in [7, 11) is 0. The highest BCUT2D eigenvalue weighted by atomic mass is 32.1. The van der Waals surface area contributed by atoms with E-state index in [1.807, 2.05) is 29.5 Å². The number of rotatable bonds is 9. The minimum atomic E-state index is 0.588. The maximum Gasteiger partial charge on any atom is 0.164 e. The summed E-state index contributed by atoms with van der Waals surface area (Å²) in [6, 6.07) is 123. The Hall–Kier alpha value is -13.9. The van der Waals surface area contributed by atoms with Crippen molar-refractivity contribution < 1.29 is 0 Å². The van der Waals surface area contributed by atoms with Crippen molar-refractivity contribution in [1.82, 2.24) is 29.9 Å². The van der Waals surface area contributed by atoms with Crippen LogP contribution in [0.2, 0.25) is 0 Å². The molecule has 0 fully saturated rings. The third kappa shape index (κ3) is 9.47. The van der Waals surface area contributed by atoms with E-state index in [4.69, 9.17) is 29.9 Å². The highest BCUT2D eigenvalue weighted by molar-refractivity contribution is 7.26. The Morgan fingerprint density at radius 2 is 0.657 bits per heavy atom. The van der Waals surface area contributed by atoms with Crippen LogP contribution < -0.4 is 9.80 Å². The van der Waals surface area contributed by atoms with Crippen molar-refractivity contribution in [2.45, 2.75) is 0 Å². The molecule has 0 N–H and O–H groups in total. The van der Waals surface area contributed by atoms with Gasteiger partial charge in [-0.2, -0.15) is 0 Å². The molecule has 2 aliphatic rings. The van der Waals surface area contributed by atoms with Gasteiger partial charge in [0.15, 0.2) is 34.9 Å². The van der Waals surface area contributed by atoms with E-state index in [1.165, 1.54) is 78.7 Å². The number of hydrogen-bond donors (Lipinski definition) is 0. The fourth-order valence-corrected chi connectivity index (χ4v) is 19.2. The van der Waals surface area contributed by atoms with E-state index in [2.05, 4.69) is 331 Å². The Kier molecular flexibility index (Phi) is 13.3. The highest BCUT2D eigenvalue weighted by Crippen LogP contribution is 2.57. The first-order chi connectivity index (χ1) is 53.5. The summed E-state index contributed by atoms with van der Waals surface area (Å²) in [6.07, 6.45) is 0. The van der Waals surface area contributed by atoms with Gasteiger partial charge >= 0.3 is 0 Å². The molecule has 0 unspecified atom stereocenters. The van der Waals surface area contributed by atoms with Gasteiger partial charge in [0, 0.05) is 117 Å². The summed E-state index contributed by atoms with van der Waals surface area (Å²) in [5.41, 5.74) is 19.1. The SMILES string of the molecule is c1ccc(-c2nc(-c3ccc(N4c5c(ccc6ccccc56)-c5cc(-c6cccc(-c7nc(-c8ccc9c(N%10c%11c(ccc%12ccccc%11%12)-c%11cccc%12cccc%10c%11%12)cccc9c8)nc(-c8ccc9sc%10ccccc%10c9c8)n7)c6)cc6cccc4c56)cc3)nc(-c3cccc4sc5ccccc5c34)n2)cc1. The monoisotopic (exact) mass is 1410 g/mol. The van der Waals surface area contributed by atoms with E-state index in [9.17, 15) is 0 Å². The molecule has 17 aromatic carbocycles. The summed E-state index contributed by atoms with van der Waals surface area (Å²) in [5.74, 6) is 3.66. The minimum Gasteiger partial charge on any atom is -0.309 e. The number of fused-ring (bicyclic) bond motifs is 15. The van der Waals surface area contributed by atoms with E-state index < -0.39 is 0 Å². The largest absolute Gasteiger partial charge is 0.309 e. The highest BCUT2D eigenvalue weighted by Gasteiger charge is 2.32. The third-order valence-electron chi connectivity index (χ3n) is 21.9. The van der Waals surface area contributed by atoms with Crippen molar-refractivity contribution in [2.24, 2.45) is 0 Å². The van der Waals surface area contributed by atoms with Crippen molar-refractivity contribution in [3.8, 4) is 102 Å². The van der Waals surface area contributed by atoms with Gasteiger partial charge in [-0.1, -0.05) is 237 Å². The number of thiophene rings is 2. The molecule has 6 heterocycles. The van der Waals surface area contributed by atoms with Crippen molar-refractivity contribution in [3.63, 3.8) is 0 Å². The van der Waals surface area contributed by atoms with Gasteiger partial charge in [-0.15, -0.1) is 22.7 Å². The Morgan fingerprint density at radius 3 is 1.41 bits per heavy atom. The first kappa shape index (κ1) is 60.5. The smallest absolute Gasteiger partial charge is 0.164 e. The van der Waals surface area contributed by atoms with Gasteiger partial charge in [-0.25, -0.2) is 29.9 Å². The lowest BCUT2D eigenvalue weighted by Crippen LogP contribution is -2.16. The number of aromatic nitrogens is 6. The normalized spacial score (nSPS) is 12.4. The summed E-state index contributed by atoms with van der Waals surface area (Å²) < 4.78 is 4.90. The van der Waals surface area contributed by atoms with Gasteiger partial charge < -0.3 is 9.80 Å². The zero-order valence-electron chi connectivity index (χ0n) is 57.7. The van der Waals surface area contributed by atoms with Crippen LogP contribution in [0.15, 0.2) is 340 Å². The van der Waals surface area contributed by atoms with Gasteiger partial charge in [-0.05, 0) is 152 Å². The number of nitrogens with zero attached hydrogens (tertiary/aromatic N) is 8. The van der Waals surface area contributed by atoms with E-state index >= 15 is 0 Å². The van der Waals surface area contributed by atoms with Gasteiger partial charge in [0.1, 0.15) is 0 Å². The summed E-state index contributed by atoms with van der Waals surface area (Å²) in [5, 5.41) is 16.4. The fraction of sp³-hybridized carbons (Fsp3) is 0. The molecule has 4 aromatic heterocycles. The van der Waals surface area contributed by atoms with E-state index in [0.29, 0.717) is 34.9 Å². The van der Waals surface area contributed by atoms with Gasteiger partial charge in [0.05, 0.1) is 28.4 Å². The molecular weight excluding hydrogens is 1350 g/mol. The van der Waals surface area contributed by atoms with Gasteiger partial charge in [0.2, 0.25) is 0 Å². The molecule has 2 aliphatic heterocycles. The van der Waals surface area contributed by atoms with Crippen LogP contribution in [0.5, 0.6) is 0 Å². The lowest BCUT2D eigenvalue weighted by atomic mass is 9.86. The van der Waals surface area contributed by atoms with Crippen molar-refractivity contribution in [3.05, 3.63) is 340 Å². The van der Waals surface area contributed by atoms with Crippen LogP contribution >= 0.6 is 22.7 Å². The molecule has 0 spiro atoms. The first-order valence-corrected chi connectivity index (χ1v) is 38.0. The summed E-state index contributed by atoms with van der Waals surface area (Å²) >= 11 is 3.60. The van der Waals surface area contributed by atoms with Crippen LogP contribution in [0.3, 0.4) is 0 Å². The zero-order chi connectivity index (χ0) is 70.7. The topological polar surface area (TPSA) is 83.8 Å². The molecule has 0 aliphatic carbocycles. The van der Waals surface area contributed by atoms with E-state index in [-0.39, 0.29) is 0 Å². The fourth-order valence-electron chi connectivity index (χ4n) is 17.0. The second-order valence-corrected chi connectivity index (χ2v) is 30.2. The maximum absolute atomic E-state index is 5.50. The maximum atomic E-state index is 5.50. The predicted octanol–water partition coefficient (Wildman–Crippen LogP) is 27.1. The van der Waals surface area contributed by atoms with Gasteiger partial charge in [-0.3, -0.25) is 0 Å². The Balaban J connectivity index is 0.646. The van der Waals surface area contributed by atoms with Crippen molar-refractivity contribution in [1.29, 1.82) is 0 Å². The number of hydrogen-bond acceptors (Lipinski definition) is 10. The molecule has 21 aromatic rings. The second kappa shape index (κ2) is 23.8. The molecule has 0 atom stereocenters. The van der Waals surface area contributed by atoms with Crippen LogP contribution in [0.1, 0.15) is 0 Å². The lowest BCUT2D eigenvalue weighted by Gasteiger charge is -2.35. The molecule has 8 nitrogen and oxygen atoms in total. The van der Waals surface area contributed by atoms with Crippen molar-refractivity contribution in [2.75, 3.05) is 9.80 Å². The standard InChI is InChI=1S/C98H56N8S2/c1-2-20-60(21-3-1)93-99-94(104-98(103-93)78-33-17-39-87-90(78)77-31-9-11-38-85(77)108-87)61-40-46-69(47-41-61)105-82-35-16-26-64-54-68(56-80(89(64)82)76-50-43-57-18-4-6-28-71(57)91(76)105)62-24-12-27-65(52-62)95-100-96(102-97(101-95)67-45-51-86-79(55-67)73-30-8-10-37-84(73)107-86)66-44-48-70-63(53-66)25-15-34-81(70)106-83-36-14-23-59-22-13-32-74(88(59)83)75-49-42-58-19-5-7-29-72(58)92(75)106/h1-56H. The molecule has 10 heteroatoms. The quantitative estimate of drug-likeness (QED) is 0.141. The summed E-state index contributed by atoms with van der Waals surface area (Å²) in [6.45, 7) is 0. The molecule has 0 radical (unpaired) electrons. The molecular formula is C98H56N8S2. The average molecular weight is 1410 g/mol.